The number of amides is 1. The van der Waals surface area contributed by atoms with Crippen molar-refractivity contribution < 1.29 is 9.53 Å². The number of ether oxygens (including phenoxy) is 1. The zero-order valence-corrected chi connectivity index (χ0v) is 15.5. The lowest BCUT2D eigenvalue weighted by molar-refractivity contribution is -0.121. The maximum Gasteiger partial charge on any atom is 0.223 e. The fourth-order valence-electron chi connectivity index (χ4n) is 2.72. The van der Waals surface area contributed by atoms with E-state index < -0.39 is 0 Å². The Hall–Kier alpha value is -1.07. The summed E-state index contributed by atoms with van der Waals surface area (Å²) in [4.78, 5) is 14.3. The van der Waals surface area contributed by atoms with E-state index in [-0.39, 0.29) is 5.91 Å². The number of nitrogens with zero attached hydrogens (tertiary/aromatic N) is 1. The van der Waals surface area contributed by atoms with Gasteiger partial charge in [-0.2, -0.15) is 0 Å². The highest BCUT2D eigenvalue weighted by atomic mass is 79.9. The van der Waals surface area contributed by atoms with Gasteiger partial charge >= 0.3 is 0 Å². The number of piperidine rings is 1. The van der Waals surface area contributed by atoms with Crippen LogP contribution >= 0.6 is 15.9 Å². The second kappa shape index (κ2) is 9.93. The maximum atomic E-state index is 11.8. The van der Waals surface area contributed by atoms with Crippen LogP contribution in [0, 0.1) is 5.92 Å². The Labute approximate surface area is 147 Å². The van der Waals surface area contributed by atoms with Crippen molar-refractivity contribution in [3.8, 4) is 5.75 Å². The van der Waals surface area contributed by atoms with E-state index >= 15 is 0 Å². The minimum atomic E-state index is 0.0623. The molecule has 1 aromatic carbocycles. The molecule has 0 aliphatic carbocycles. The highest BCUT2D eigenvalue weighted by molar-refractivity contribution is 9.10. The number of nitrogens with one attached hydrogen (secondary N) is 1. The van der Waals surface area contributed by atoms with Gasteiger partial charge in [-0.3, -0.25) is 4.79 Å². The van der Waals surface area contributed by atoms with Gasteiger partial charge in [0, 0.05) is 11.0 Å². The van der Waals surface area contributed by atoms with Crippen molar-refractivity contribution >= 4 is 21.8 Å². The molecule has 0 atom stereocenters. The fraction of sp³-hybridized carbons (Fsp3) is 0.611. The van der Waals surface area contributed by atoms with Crippen LogP contribution in [0.1, 0.15) is 32.6 Å². The Morgan fingerprint density at radius 3 is 2.91 bits per heavy atom. The lowest BCUT2D eigenvalue weighted by Crippen LogP contribution is -2.35. The highest BCUT2D eigenvalue weighted by Crippen LogP contribution is 2.18. The molecule has 1 aromatic rings. The van der Waals surface area contributed by atoms with Gasteiger partial charge in [-0.05, 0) is 63.0 Å². The summed E-state index contributed by atoms with van der Waals surface area (Å²) in [6.45, 7) is 6.98. The summed E-state index contributed by atoms with van der Waals surface area (Å²) in [7, 11) is 0. The summed E-state index contributed by atoms with van der Waals surface area (Å²) in [6, 6.07) is 7.66. The largest absolute Gasteiger partial charge is 0.493 e. The number of carbonyl (C=O) groups is 1. The molecule has 0 spiro atoms. The Bertz CT molecular complexity index is 488. The molecule has 2 rings (SSSR count). The zero-order valence-electron chi connectivity index (χ0n) is 13.9. The quantitative estimate of drug-likeness (QED) is 0.699. The lowest BCUT2D eigenvalue weighted by atomic mass is 9.99. The zero-order chi connectivity index (χ0) is 16.5. The third-order valence-electron chi connectivity index (χ3n) is 4.24. The number of hydrogen-bond acceptors (Lipinski definition) is 3. The molecule has 1 N–H and O–H groups in total. The molecule has 0 saturated carbocycles. The molecule has 1 aliphatic heterocycles. The first-order valence-electron chi connectivity index (χ1n) is 8.51. The van der Waals surface area contributed by atoms with Gasteiger partial charge in [-0.15, -0.1) is 0 Å². The van der Waals surface area contributed by atoms with E-state index in [1.54, 1.807) is 0 Å². The molecule has 0 aromatic heterocycles. The highest BCUT2D eigenvalue weighted by Gasteiger charge is 2.14. The molecule has 0 unspecified atom stereocenters. The van der Waals surface area contributed by atoms with E-state index in [0.717, 1.165) is 35.7 Å². The molecule has 23 heavy (non-hydrogen) atoms. The summed E-state index contributed by atoms with van der Waals surface area (Å²) in [6.07, 6.45) is 4.03. The molecule has 128 valence electrons. The SMILES string of the molecule is CC1CCN(CCCNC(=O)CCOc2cccc(Br)c2)CC1. The van der Waals surface area contributed by atoms with E-state index in [1.807, 2.05) is 24.3 Å². The standard InChI is InChI=1S/C18H27BrN2O2/c1-15-6-11-21(12-7-15)10-3-9-20-18(22)8-13-23-17-5-2-4-16(19)14-17/h2,4-5,14-15H,3,6-13H2,1H3,(H,20,22). The van der Waals surface area contributed by atoms with Crippen LogP contribution in [0.2, 0.25) is 0 Å². The monoisotopic (exact) mass is 382 g/mol. The molecule has 1 fully saturated rings. The smallest absolute Gasteiger partial charge is 0.223 e. The molecule has 1 heterocycles. The first-order chi connectivity index (χ1) is 11.1. The van der Waals surface area contributed by atoms with Gasteiger partial charge in [0.25, 0.3) is 0 Å². The van der Waals surface area contributed by atoms with Gasteiger partial charge in [-0.25, -0.2) is 0 Å². The molecular formula is C18H27BrN2O2. The first-order valence-corrected chi connectivity index (χ1v) is 9.30. The second-order valence-corrected chi connectivity index (χ2v) is 7.20. The Morgan fingerprint density at radius 2 is 2.17 bits per heavy atom. The van der Waals surface area contributed by atoms with Crippen LogP contribution in [0.4, 0.5) is 0 Å². The summed E-state index contributed by atoms with van der Waals surface area (Å²) in [5.41, 5.74) is 0. The minimum Gasteiger partial charge on any atom is -0.493 e. The average molecular weight is 383 g/mol. The normalized spacial score (nSPS) is 16.3. The van der Waals surface area contributed by atoms with E-state index in [1.165, 1.54) is 25.9 Å². The van der Waals surface area contributed by atoms with Crippen LogP contribution in [0.5, 0.6) is 5.75 Å². The molecule has 0 radical (unpaired) electrons. The van der Waals surface area contributed by atoms with E-state index in [2.05, 4.69) is 33.1 Å². The van der Waals surface area contributed by atoms with Crippen LogP contribution in [0.25, 0.3) is 0 Å². The second-order valence-electron chi connectivity index (χ2n) is 6.28. The maximum absolute atomic E-state index is 11.8. The Kier molecular flexibility index (Phi) is 7.89. The predicted octanol–water partition coefficient (Wildman–Crippen LogP) is 3.46. The van der Waals surface area contributed by atoms with Crippen molar-refractivity contribution in [3.05, 3.63) is 28.7 Å². The third kappa shape index (κ3) is 7.36. The van der Waals surface area contributed by atoms with Crippen LogP contribution in [0.3, 0.4) is 0 Å². The van der Waals surface area contributed by atoms with Gasteiger partial charge in [-0.1, -0.05) is 28.9 Å². The van der Waals surface area contributed by atoms with Gasteiger partial charge in [0.15, 0.2) is 0 Å². The third-order valence-corrected chi connectivity index (χ3v) is 4.74. The fourth-order valence-corrected chi connectivity index (χ4v) is 3.10. The summed E-state index contributed by atoms with van der Waals surface area (Å²) in [5, 5.41) is 2.97. The summed E-state index contributed by atoms with van der Waals surface area (Å²) >= 11 is 3.40. The number of halogens is 1. The van der Waals surface area contributed by atoms with Gasteiger partial charge in [0.1, 0.15) is 5.75 Å². The van der Waals surface area contributed by atoms with Crippen molar-refractivity contribution in [2.24, 2.45) is 5.92 Å². The van der Waals surface area contributed by atoms with Crippen molar-refractivity contribution in [2.45, 2.75) is 32.6 Å². The van der Waals surface area contributed by atoms with Gasteiger partial charge in [0.2, 0.25) is 5.91 Å². The van der Waals surface area contributed by atoms with Crippen LogP contribution < -0.4 is 10.1 Å². The van der Waals surface area contributed by atoms with Crippen molar-refractivity contribution in [1.29, 1.82) is 0 Å². The van der Waals surface area contributed by atoms with Crippen LogP contribution in [0.15, 0.2) is 28.7 Å². The first kappa shape index (κ1) is 18.3. The number of benzene rings is 1. The minimum absolute atomic E-state index is 0.0623. The number of rotatable bonds is 8. The van der Waals surface area contributed by atoms with E-state index in [4.69, 9.17) is 4.74 Å². The van der Waals surface area contributed by atoms with Crippen molar-refractivity contribution in [1.82, 2.24) is 10.2 Å². The number of carbonyl (C=O) groups excluding carboxylic acids is 1. The molecule has 1 amide bonds. The average Bonchev–Trinajstić information content (AvgIpc) is 2.53. The van der Waals surface area contributed by atoms with E-state index in [0.29, 0.717) is 13.0 Å². The number of likely N-dealkylation sites (tertiary alicyclic amines) is 1. The molecule has 1 aliphatic rings. The summed E-state index contributed by atoms with van der Waals surface area (Å²) < 4.78 is 6.55. The molecule has 0 bridgehead atoms. The number of hydrogen-bond donors (Lipinski definition) is 1. The molecule has 1 saturated heterocycles. The van der Waals surface area contributed by atoms with E-state index in [9.17, 15) is 4.79 Å². The topological polar surface area (TPSA) is 41.6 Å². The van der Waals surface area contributed by atoms with Crippen molar-refractivity contribution in [2.75, 3.05) is 32.8 Å². The molecule has 4 nitrogen and oxygen atoms in total. The van der Waals surface area contributed by atoms with Crippen LogP contribution in [-0.4, -0.2) is 43.6 Å². The van der Waals surface area contributed by atoms with Crippen LogP contribution in [-0.2, 0) is 4.79 Å². The predicted molar refractivity (Wildman–Crippen MR) is 96.7 cm³/mol. The Balaban J connectivity index is 1.50. The molecular weight excluding hydrogens is 356 g/mol. The van der Waals surface area contributed by atoms with Crippen molar-refractivity contribution in [3.63, 3.8) is 0 Å². The van der Waals surface area contributed by atoms with Gasteiger partial charge in [0.05, 0.1) is 13.0 Å². The summed E-state index contributed by atoms with van der Waals surface area (Å²) in [5.74, 6) is 1.72. The Morgan fingerprint density at radius 1 is 1.39 bits per heavy atom. The van der Waals surface area contributed by atoms with Gasteiger partial charge < -0.3 is 15.0 Å². The molecule has 5 heteroatoms. The lowest BCUT2D eigenvalue weighted by Gasteiger charge is -2.30.